The second-order valence-corrected chi connectivity index (χ2v) is 9.39. The smallest absolute Gasteiger partial charge is 0.251 e. The molecule has 0 saturated carbocycles. The monoisotopic (exact) mass is 418 g/mol. The number of piperidine rings is 1. The van der Waals surface area contributed by atoms with Gasteiger partial charge in [-0.15, -0.1) is 0 Å². The number of fused-ring (bicyclic) bond motifs is 2. The number of ether oxygens (including phenoxy) is 1. The second kappa shape index (κ2) is 7.76. The first-order valence-electron chi connectivity index (χ1n) is 9.62. The fourth-order valence-electron chi connectivity index (χ4n) is 4.40. The molecule has 2 saturated heterocycles. The summed E-state index contributed by atoms with van der Waals surface area (Å²) >= 11 is 0. The van der Waals surface area contributed by atoms with Gasteiger partial charge in [-0.3, -0.25) is 4.79 Å². The van der Waals surface area contributed by atoms with E-state index in [1.54, 1.807) is 22.5 Å². The maximum absolute atomic E-state index is 13.2. The minimum atomic E-state index is -3.64. The Morgan fingerprint density at radius 3 is 2.38 bits per heavy atom. The number of nitrogens with one attached hydrogen (secondary N) is 1. The lowest BCUT2D eigenvalue weighted by atomic mass is 9.99. The van der Waals surface area contributed by atoms with Crippen LogP contribution in [-0.2, 0) is 10.0 Å². The Balaban J connectivity index is 1.49. The van der Waals surface area contributed by atoms with E-state index in [4.69, 9.17) is 4.74 Å². The highest BCUT2D eigenvalue weighted by Gasteiger charge is 2.47. The minimum absolute atomic E-state index is 0.109. The van der Waals surface area contributed by atoms with Crippen LogP contribution in [0, 0.1) is 5.82 Å². The van der Waals surface area contributed by atoms with E-state index in [0.29, 0.717) is 24.2 Å². The molecule has 2 aliphatic rings. The summed E-state index contributed by atoms with van der Waals surface area (Å²) in [6.07, 6.45) is 2.67. The van der Waals surface area contributed by atoms with E-state index < -0.39 is 15.8 Å². The molecule has 2 aromatic rings. The van der Waals surface area contributed by atoms with E-state index in [2.05, 4.69) is 5.32 Å². The van der Waals surface area contributed by atoms with Gasteiger partial charge in [0, 0.05) is 29.8 Å². The van der Waals surface area contributed by atoms with Crippen LogP contribution in [-0.4, -0.2) is 43.9 Å². The fraction of sp³-hybridized carbons (Fsp3) is 0.381. The standard InChI is InChI=1S/C21H23FN2O4S/c1-28-19-3-2-4-20(13-19)29(26,27)24-17-9-10-18(24)12-16(11-17)23-21(25)14-5-7-15(22)8-6-14/h2-8,13,16-18H,9-12H2,1H3,(H,23,25). The molecule has 2 aliphatic heterocycles. The Morgan fingerprint density at radius 1 is 1.10 bits per heavy atom. The first kappa shape index (κ1) is 19.8. The molecular weight excluding hydrogens is 395 g/mol. The molecule has 2 aromatic carbocycles. The van der Waals surface area contributed by atoms with Gasteiger partial charge >= 0.3 is 0 Å². The van der Waals surface area contributed by atoms with Crippen LogP contribution in [0.1, 0.15) is 36.0 Å². The van der Waals surface area contributed by atoms with Crippen LogP contribution in [0.15, 0.2) is 53.4 Å². The van der Waals surface area contributed by atoms with Gasteiger partial charge in [0.2, 0.25) is 10.0 Å². The number of methoxy groups -OCH3 is 1. The number of carbonyl (C=O) groups is 1. The molecule has 1 N–H and O–H groups in total. The van der Waals surface area contributed by atoms with Crippen molar-refractivity contribution >= 4 is 15.9 Å². The van der Waals surface area contributed by atoms with Crippen molar-refractivity contribution < 1.29 is 22.3 Å². The number of sulfonamides is 1. The molecule has 0 aliphatic carbocycles. The van der Waals surface area contributed by atoms with Crippen LogP contribution < -0.4 is 10.1 Å². The average Bonchev–Trinajstić information content (AvgIpc) is 3.00. The molecule has 1 amide bonds. The van der Waals surface area contributed by atoms with Gasteiger partial charge in [-0.2, -0.15) is 4.31 Å². The predicted molar refractivity (Wildman–Crippen MR) is 106 cm³/mol. The number of hydrogen-bond donors (Lipinski definition) is 1. The van der Waals surface area contributed by atoms with Crippen LogP contribution in [0.4, 0.5) is 4.39 Å². The van der Waals surface area contributed by atoms with E-state index >= 15 is 0 Å². The number of carbonyl (C=O) groups excluding carboxylic acids is 1. The van der Waals surface area contributed by atoms with Gasteiger partial charge in [0.1, 0.15) is 11.6 Å². The van der Waals surface area contributed by atoms with Gasteiger partial charge < -0.3 is 10.1 Å². The minimum Gasteiger partial charge on any atom is -0.497 e. The van der Waals surface area contributed by atoms with Crippen molar-refractivity contribution in [3.8, 4) is 5.75 Å². The van der Waals surface area contributed by atoms with E-state index in [-0.39, 0.29) is 28.9 Å². The van der Waals surface area contributed by atoms with Gasteiger partial charge in [-0.05, 0) is 62.1 Å². The van der Waals surface area contributed by atoms with Crippen LogP contribution in [0.2, 0.25) is 0 Å². The summed E-state index contributed by atoms with van der Waals surface area (Å²) in [6.45, 7) is 0. The summed E-state index contributed by atoms with van der Waals surface area (Å²) in [5, 5.41) is 2.98. The Kier molecular flexibility index (Phi) is 5.31. The third-order valence-electron chi connectivity index (χ3n) is 5.72. The van der Waals surface area contributed by atoms with Crippen molar-refractivity contribution in [2.75, 3.05) is 7.11 Å². The van der Waals surface area contributed by atoms with Gasteiger partial charge in [0.15, 0.2) is 0 Å². The number of rotatable bonds is 5. The molecule has 2 fully saturated rings. The summed E-state index contributed by atoms with van der Waals surface area (Å²) in [5.74, 6) is -0.158. The lowest BCUT2D eigenvalue weighted by Crippen LogP contribution is -2.52. The van der Waals surface area contributed by atoms with Crippen molar-refractivity contribution in [1.29, 1.82) is 0 Å². The molecule has 0 radical (unpaired) electrons. The predicted octanol–water partition coefficient (Wildman–Crippen LogP) is 2.95. The largest absolute Gasteiger partial charge is 0.497 e. The molecule has 0 spiro atoms. The SMILES string of the molecule is COc1cccc(S(=O)(=O)N2C3CCC2CC(NC(=O)c2ccc(F)cc2)C3)c1. The van der Waals surface area contributed by atoms with Crippen LogP contribution >= 0.6 is 0 Å². The van der Waals surface area contributed by atoms with E-state index in [0.717, 1.165) is 12.8 Å². The zero-order valence-corrected chi connectivity index (χ0v) is 16.9. The quantitative estimate of drug-likeness (QED) is 0.810. The number of amides is 1. The van der Waals surface area contributed by atoms with E-state index in [1.165, 1.54) is 37.4 Å². The van der Waals surface area contributed by atoms with E-state index in [1.807, 2.05) is 0 Å². The normalized spacial score (nSPS) is 24.3. The highest BCUT2D eigenvalue weighted by Crippen LogP contribution is 2.40. The molecule has 8 heteroatoms. The molecule has 2 heterocycles. The molecule has 4 rings (SSSR count). The summed E-state index contributed by atoms with van der Waals surface area (Å²) < 4.78 is 46.3. The van der Waals surface area contributed by atoms with Crippen molar-refractivity contribution in [2.45, 2.75) is 48.7 Å². The highest BCUT2D eigenvalue weighted by atomic mass is 32.2. The Morgan fingerprint density at radius 2 is 1.76 bits per heavy atom. The number of nitrogens with zero attached hydrogens (tertiary/aromatic N) is 1. The molecule has 29 heavy (non-hydrogen) atoms. The molecule has 2 atom stereocenters. The zero-order chi connectivity index (χ0) is 20.6. The highest BCUT2D eigenvalue weighted by molar-refractivity contribution is 7.89. The number of hydrogen-bond acceptors (Lipinski definition) is 4. The topological polar surface area (TPSA) is 75.7 Å². The average molecular weight is 418 g/mol. The van der Waals surface area contributed by atoms with Crippen molar-refractivity contribution in [3.63, 3.8) is 0 Å². The molecule has 2 bridgehead atoms. The first-order chi connectivity index (χ1) is 13.9. The third-order valence-corrected chi connectivity index (χ3v) is 7.73. The van der Waals surface area contributed by atoms with Gasteiger partial charge in [-0.1, -0.05) is 6.07 Å². The zero-order valence-electron chi connectivity index (χ0n) is 16.0. The van der Waals surface area contributed by atoms with Crippen LogP contribution in [0.5, 0.6) is 5.75 Å². The summed E-state index contributed by atoms with van der Waals surface area (Å²) in [6, 6.07) is 11.5. The van der Waals surface area contributed by atoms with Crippen LogP contribution in [0.25, 0.3) is 0 Å². The van der Waals surface area contributed by atoms with Crippen molar-refractivity contribution in [1.82, 2.24) is 9.62 Å². The fourth-order valence-corrected chi connectivity index (χ4v) is 6.32. The lowest BCUT2D eigenvalue weighted by molar-refractivity contribution is 0.0909. The maximum Gasteiger partial charge on any atom is 0.251 e. The summed E-state index contributed by atoms with van der Waals surface area (Å²) in [4.78, 5) is 12.7. The Hall–Kier alpha value is -2.45. The molecule has 0 aromatic heterocycles. The van der Waals surface area contributed by atoms with Crippen molar-refractivity contribution in [2.24, 2.45) is 0 Å². The number of benzene rings is 2. The summed E-state index contributed by atoms with van der Waals surface area (Å²) in [7, 11) is -2.14. The second-order valence-electron chi connectivity index (χ2n) is 7.55. The van der Waals surface area contributed by atoms with Gasteiger partial charge in [-0.25, -0.2) is 12.8 Å². The van der Waals surface area contributed by atoms with Gasteiger partial charge in [0.25, 0.3) is 5.91 Å². The Bertz CT molecular complexity index is 996. The Labute approximate surface area is 169 Å². The van der Waals surface area contributed by atoms with Crippen LogP contribution in [0.3, 0.4) is 0 Å². The molecular formula is C21H23FN2O4S. The maximum atomic E-state index is 13.2. The molecule has 154 valence electrons. The van der Waals surface area contributed by atoms with Gasteiger partial charge in [0.05, 0.1) is 12.0 Å². The third kappa shape index (κ3) is 3.86. The van der Waals surface area contributed by atoms with Crippen molar-refractivity contribution in [3.05, 3.63) is 59.9 Å². The lowest BCUT2D eigenvalue weighted by Gasteiger charge is -2.38. The molecule has 6 nitrogen and oxygen atoms in total. The number of halogens is 1. The summed E-state index contributed by atoms with van der Waals surface area (Å²) in [5.41, 5.74) is 0.394. The molecule has 2 unspecified atom stereocenters. The first-order valence-corrected chi connectivity index (χ1v) is 11.1. The van der Waals surface area contributed by atoms with E-state index in [9.17, 15) is 17.6 Å².